The van der Waals surface area contributed by atoms with Gasteiger partial charge in [-0.1, -0.05) is 13.3 Å². The van der Waals surface area contributed by atoms with Gasteiger partial charge in [0.25, 0.3) is 0 Å². The molecule has 0 fully saturated rings. The maximum Gasteiger partial charge on any atom is 0.425 e. The molecule has 1 aromatic rings. The highest BCUT2D eigenvalue weighted by molar-refractivity contribution is 5.89. The molecule has 0 aromatic heterocycles. The number of hydrogen-bond acceptors (Lipinski definition) is 3. The number of aromatic hydroxyl groups is 1. The van der Waals surface area contributed by atoms with Crippen LogP contribution in [0.5, 0.6) is 5.75 Å². The van der Waals surface area contributed by atoms with E-state index in [4.69, 9.17) is 5.11 Å². The SMILES string of the molecule is CCCCC(OC(=O)c1ccc(O)cc1)C(F)(F)F. The average Bonchev–Trinajstić information content (AvgIpc) is 2.33. The van der Waals surface area contributed by atoms with Crippen molar-refractivity contribution in [2.24, 2.45) is 0 Å². The molecule has 0 aliphatic rings. The van der Waals surface area contributed by atoms with Crippen LogP contribution in [0.4, 0.5) is 13.2 Å². The van der Waals surface area contributed by atoms with E-state index in [1.54, 1.807) is 6.92 Å². The van der Waals surface area contributed by atoms with Gasteiger partial charge in [0, 0.05) is 0 Å². The zero-order valence-corrected chi connectivity index (χ0v) is 10.4. The smallest absolute Gasteiger partial charge is 0.425 e. The molecule has 1 atom stereocenters. The molecule has 0 aliphatic carbocycles. The molecule has 1 N–H and O–H groups in total. The molecule has 1 rings (SSSR count). The third kappa shape index (κ3) is 4.81. The van der Waals surface area contributed by atoms with Crippen molar-refractivity contribution in [2.75, 3.05) is 0 Å². The Kier molecular flexibility index (Phi) is 5.20. The van der Waals surface area contributed by atoms with E-state index in [0.29, 0.717) is 12.8 Å². The Morgan fingerprint density at radius 3 is 2.37 bits per heavy atom. The maximum absolute atomic E-state index is 12.7. The number of ether oxygens (including phenoxy) is 1. The summed E-state index contributed by atoms with van der Waals surface area (Å²) in [6, 6.07) is 4.85. The summed E-state index contributed by atoms with van der Waals surface area (Å²) in [5, 5.41) is 9.03. The highest BCUT2D eigenvalue weighted by Crippen LogP contribution is 2.27. The molecule has 3 nitrogen and oxygen atoms in total. The molecule has 0 amide bonds. The van der Waals surface area contributed by atoms with Crippen molar-refractivity contribution in [3.8, 4) is 5.75 Å². The Balaban J connectivity index is 2.73. The first-order valence-corrected chi connectivity index (χ1v) is 5.91. The van der Waals surface area contributed by atoms with Crippen molar-refractivity contribution in [1.82, 2.24) is 0 Å². The topological polar surface area (TPSA) is 46.5 Å². The zero-order chi connectivity index (χ0) is 14.5. The Hall–Kier alpha value is -1.72. The fraction of sp³-hybridized carbons (Fsp3) is 0.462. The highest BCUT2D eigenvalue weighted by Gasteiger charge is 2.42. The van der Waals surface area contributed by atoms with Crippen molar-refractivity contribution in [3.05, 3.63) is 29.8 Å². The average molecular weight is 276 g/mol. The molecule has 0 heterocycles. The summed E-state index contributed by atoms with van der Waals surface area (Å²) in [4.78, 5) is 11.6. The fourth-order valence-electron chi connectivity index (χ4n) is 1.47. The Labute approximate surface area is 109 Å². The molecule has 106 valence electrons. The molecule has 0 aliphatic heterocycles. The molecule has 0 radical (unpaired) electrons. The fourth-order valence-corrected chi connectivity index (χ4v) is 1.47. The van der Waals surface area contributed by atoms with E-state index < -0.39 is 18.2 Å². The molecule has 0 saturated heterocycles. The van der Waals surface area contributed by atoms with Crippen LogP contribution in [-0.2, 0) is 4.74 Å². The minimum atomic E-state index is -4.57. The van der Waals surface area contributed by atoms with Gasteiger partial charge in [0.2, 0.25) is 0 Å². The van der Waals surface area contributed by atoms with Gasteiger partial charge in [-0.15, -0.1) is 0 Å². The monoisotopic (exact) mass is 276 g/mol. The molecule has 19 heavy (non-hydrogen) atoms. The van der Waals surface area contributed by atoms with E-state index in [0.717, 1.165) is 0 Å². The lowest BCUT2D eigenvalue weighted by molar-refractivity contribution is -0.206. The van der Waals surface area contributed by atoms with E-state index in [1.165, 1.54) is 24.3 Å². The van der Waals surface area contributed by atoms with Crippen molar-refractivity contribution < 1.29 is 27.8 Å². The normalized spacial score (nSPS) is 13.1. The molecule has 0 spiro atoms. The molecule has 6 heteroatoms. The van der Waals surface area contributed by atoms with Gasteiger partial charge in [0.15, 0.2) is 6.10 Å². The number of unbranched alkanes of at least 4 members (excludes halogenated alkanes) is 1. The number of hydrogen-bond donors (Lipinski definition) is 1. The van der Waals surface area contributed by atoms with E-state index >= 15 is 0 Å². The van der Waals surface area contributed by atoms with E-state index in [9.17, 15) is 18.0 Å². The van der Waals surface area contributed by atoms with Crippen LogP contribution >= 0.6 is 0 Å². The number of carbonyl (C=O) groups excluding carboxylic acids is 1. The Bertz CT molecular complexity index is 412. The van der Waals surface area contributed by atoms with Gasteiger partial charge in [-0.25, -0.2) is 4.79 Å². The first-order valence-electron chi connectivity index (χ1n) is 5.91. The molecule has 0 bridgehead atoms. The second-order valence-electron chi connectivity index (χ2n) is 4.12. The number of halogens is 3. The van der Waals surface area contributed by atoms with Crippen LogP contribution in [-0.4, -0.2) is 23.4 Å². The van der Waals surface area contributed by atoms with Gasteiger partial charge in [0.05, 0.1) is 5.56 Å². The highest BCUT2D eigenvalue weighted by atomic mass is 19.4. The molecule has 1 unspecified atom stereocenters. The number of alkyl halides is 3. The van der Waals surface area contributed by atoms with Crippen LogP contribution in [0, 0.1) is 0 Å². The largest absolute Gasteiger partial charge is 0.508 e. The molecular formula is C13H15F3O3. The Morgan fingerprint density at radius 1 is 1.32 bits per heavy atom. The number of rotatable bonds is 5. The van der Waals surface area contributed by atoms with Gasteiger partial charge in [0.1, 0.15) is 5.75 Å². The van der Waals surface area contributed by atoms with Crippen LogP contribution in [0.2, 0.25) is 0 Å². The van der Waals surface area contributed by atoms with Crippen molar-refractivity contribution in [3.63, 3.8) is 0 Å². The van der Waals surface area contributed by atoms with Crippen molar-refractivity contribution in [1.29, 1.82) is 0 Å². The first-order chi connectivity index (χ1) is 8.84. The van der Waals surface area contributed by atoms with Gasteiger partial charge in [-0.05, 0) is 37.1 Å². The number of esters is 1. The summed E-state index contributed by atoms with van der Waals surface area (Å²) in [6.07, 6.45) is -5.99. The van der Waals surface area contributed by atoms with Gasteiger partial charge >= 0.3 is 12.1 Å². The van der Waals surface area contributed by atoms with Crippen LogP contribution in [0.3, 0.4) is 0 Å². The van der Waals surface area contributed by atoms with Crippen LogP contribution in [0.1, 0.15) is 36.5 Å². The lowest BCUT2D eigenvalue weighted by Crippen LogP contribution is -2.33. The summed E-state index contributed by atoms with van der Waals surface area (Å²) in [6.45, 7) is 1.76. The van der Waals surface area contributed by atoms with E-state index in [2.05, 4.69) is 4.74 Å². The number of phenolic OH excluding ortho intramolecular Hbond substituents is 1. The minimum absolute atomic E-state index is 0.0245. The van der Waals surface area contributed by atoms with Gasteiger partial charge in [-0.2, -0.15) is 13.2 Å². The first kappa shape index (κ1) is 15.3. The lowest BCUT2D eigenvalue weighted by atomic mass is 10.1. The number of carbonyl (C=O) groups is 1. The van der Waals surface area contributed by atoms with Crippen LogP contribution < -0.4 is 0 Å². The van der Waals surface area contributed by atoms with Crippen LogP contribution in [0.25, 0.3) is 0 Å². The van der Waals surface area contributed by atoms with Gasteiger partial charge in [-0.3, -0.25) is 0 Å². The minimum Gasteiger partial charge on any atom is -0.508 e. The number of phenols is 1. The standard InChI is InChI=1S/C13H15F3O3/c1-2-3-4-11(13(14,15)16)19-12(18)9-5-7-10(17)8-6-9/h5-8,11,17H,2-4H2,1H3. The third-order valence-corrected chi connectivity index (χ3v) is 2.54. The lowest BCUT2D eigenvalue weighted by Gasteiger charge is -2.20. The number of benzene rings is 1. The second-order valence-corrected chi connectivity index (χ2v) is 4.12. The van der Waals surface area contributed by atoms with E-state index in [-0.39, 0.29) is 17.7 Å². The zero-order valence-electron chi connectivity index (χ0n) is 10.4. The predicted octanol–water partition coefficient (Wildman–Crippen LogP) is 3.67. The quantitative estimate of drug-likeness (QED) is 0.835. The summed E-state index contributed by atoms with van der Waals surface area (Å²) in [5.74, 6) is -1.12. The predicted molar refractivity (Wildman–Crippen MR) is 62.9 cm³/mol. The molecular weight excluding hydrogens is 261 g/mol. The molecule has 1 aromatic carbocycles. The third-order valence-electron chi connectivity index (χ3n) is 2.54. The second kappa shape index (κ2) is 6.45. The summed E-state index contributed by atoms with van der Waals surface area (Å²) >= 11 is 0. The maximum atomic E-state index is 12.7. The summed E-state index contributed by atoms with van der Waals surface area (Å²) < 4.78 is 42.5. The van der Waals surface area contributed by atoms with Crippen LogP contribution in [0.15, 0.2) is 24.3 Å². The Morgan fingerprint density at radius 2 is 1.89 bits per heavy atom. The van der Waals surface area contributed by atoms with Crippen molar-refractivity contribution in [2.45, 2.75) is 38.5 Å². The molecule has 0 saturated carbocycles. The summed E-state index contributed by atoms with van der Waals surface area (Å²) in [5.41, 5.74) is -0.0245. The summed E-state index contributed by atoms with van der Waals surface area (Å²) in [7, 11) is 0. The van der Waals surface area contributed by atoms with Gasteiger partial charge < -0.3 is 9.84 Å². The van der Waals surface area contributed by atoms with E-state index in [1.807, 2.05) is 0 Å². The van der Waals surface area contributed by atoms with Crippen molar-refractivity contribution >= 4 is 5.97 Å².